The largest absolute Gasteiger partial charge is 0.496 e. The van der Waals surface area contributed by atoms with E-state index in [1.807, 2.05) is 34.1 Å². The molecule has 1 N–H and O–H groups in total. The van der Waals surface area contributed by atoms with Crippen molar-refractivity contribution >= 4 is 11.9 Å². The maximum Gasteiger partial charge on any atom is 0.317 e. The number of benzene rings is 1. The molecule has 0 aromatic heterocycles. The highest BCUT2D eigenvalue weighted by molar-refractivity contribution is 5.97. The van der Waals surface area contributed by atoms with Gasteiger partial charge >= 0.3 is 6.03 Å². The molecule has 6 nitrogen and oxygen atoms in total. The molecule has 0 saturated carbocycles. The number of nitrogens with zero attached hydrogens (tertiary/aromatic N) is 2. The maximum atomic E-state index is 12.8. The van der Waals surface area contributed by atoms with Gasteiger partial charge in [-0.05, 0) is 43.2 Å². The van der Waals surface area contributed by atoms with Crippen LogP contribution >= 0.6 is 0 Å². The minimum atomic E-state index is 0.0119. The van der Waals surface area contributed by atoms with Crippen LogP contribution in [0, 0.1) is 11.8 Å². The average molecular weight is 345 g/mol. The van der Waals surface area contributed by atoms with Crippen molar-refractivity contribution in [1.82, 2.24) is 15.1 Å². The molecule has 136 valence electrons. The van der Waals surface area contributed by atoms with Crippen LogP contribution in [0.2, 0.25) is 0 Å². The Kier molecular flexibility index (Phi) is 5.46. The van der Waals surface area contributed by atoms with Gasteiger partial charge in [0.25, 0.3) is 5.91 Å². The number of piperidine rings is 1. The molecule has 2 heterocycles. The molecule has 2 saturated heterocycles. The number of urea groups is 1. The molecule has 2 fully saturated rings. The number of amides is 3. The van der Waals surface area contributed by atoms with Crippen LogP contribution in [-0.2, 0) is 0 Å². The molecule has 25 heavy (non-hydrogen) atoms. The number of carbonyl (C=O) groups is 2. The van der Waals surface area contributed by atoms with Gasteiger partial charge in [-0.2, -0.15) is 0 Å². The molecule has 2 aliphatic rings. The summed E-state index contributed by atoms with van der Waals surface area (Å²) in [6.07, 6.45) is 3.09. The third-order valence-corrected chi connectivity index (χ3v) is 5.56. The number of para-hydroxylation sites is 1. The quantitative estimate of drug-likeness (QED) is 0.914. The summed E-state index contributed by atoms with van der Waals surface area (Å²) in [7, 11) is 3.27. The van der Waals surface area contributed by atoms with Crippen LogP contribution in [0.4, 0.5) is 4.79 Å². The SMILES string of the molecule is CNC(=O)N1CCC(C2CCN(C(=O)c3ccccc3OC)C2)CC1. The summed E-state index contributed by atoms with van der Waals surface area (Å²) < 4.78 is 5.32. The standard InChI is InChI=1S/C19H27N3O3/c1-20-19(24)21-10-7-14(8-11-21)15-9-12-22(13-15)18(23)16-5-3-4-6-17(16)25-2/h3-6,14-15H,7-13H2,1-2H3,(H,20,24). The minimum absolute atomic E-state index is 0.0119. The molecule has 0 aliphatic carbocycles. The van der Waals surface area contributed by atoms with Gasteiger partial charge in [-0.15, -0.1) is 0 Å². The Morgan fingerprint density at radius 3 is 2.36 bits per heavy atom. The summed E-state index contributed by atoms with van der Waals surface area (Å²) in [4.78, 5) is 28.4. The highest BCUT2D eigenvalue weighted by atomic mass is 16.5. The molecule has 2 aliphatic heterocycles. The fourth-order valence-electron chi connectivity index (χ4n) is 4.08. The van der Waals surface area contributed by atoms with Gasteiger partial charge in [0.05, 0.1) is 12.7 Å². The van der Waals surface area contributed by atoms with E-state index in [2.05, 4.69) is 5.32 Å². The molecule has 1 aromatic carbocycles. The van der Waals surface area contributed by atoms with Crippen LogP contribution in [0.5, 0.6) is 5.75 Å². The Labute approximate surface area is 149 Å². The van der Waals surface area contributed by atoms with E-state index >= 15 is 0 Å². The van der Waals surface area contributed by atoms with Crippen LogP contribution in [-0.4, -0.2) is 62.1 Å². The molecule has 6 heteroatoms. The first-order chi connectivity index (χ1) is 12.1. The lowest BCUT2D eigenvalue weighted by Gasteiger charge is -2.34. The Bertz CT molecular complexity index is 626. The normalized spacial score (nSPS) is 21.3. The molecular weight excluding hydrogens is 318 g/mol. The van der Waals surface area contributed by atoms with Crippen molar-refractivity contribution in [2.45, 2.75) is 19.3 Å². The van der Waals surface area contributed by atoms with Crippen LogP contribution in [0.25, 0.3) is 0 Å². The van der Waals surface area contributed by atoms with Gasteiger partial charge in [0.1, 0.15) is 5.75 Å². The van der Waals surface area contributed by atoms with Crippen molar-refractivity contribution in [1.29, 1.82) is 0 Å². The minimum Gasteiger partial charge on any atom is -0.496 e. The maximum absolute atomic E-state index is 12.8. The van der Waals surface area contributed by atoms with E-state index in [0.717, 1.165) is 45.4 Å². The Hall–Kier alpha value is -2.24. The van der Waals surface area contributed by atoms with Crippen molar-refractivity contribution in [3.05, 3.63) is 29.8 Å². The number of nitrogens with one attached hydrogen (secondary N) is 1. The van der Waals surface area contributed by atoms with Gasteiger partial charge in [0, 0.05) is 33.2 Å². The number of hydrogen-bond acceptors (Lipinski definition) is 3. The zero-order valence-electron chi connectivity index (χ0n) is 15.0. The van der Waals surface area contributed by atoms with Crippen molar-refractivity contribution in [3.8, 4) is 5.75 Å². The smallest absolute Gasteiger partial charge is 0.317 e. The number of likely N-dealkylation sites (tertiary alicyclic amines) is 2. The number of carbonyl (C=O) groups excluding carboxylic acids is 2. The van der Waals surface area contributed by atoms with Gasteiger partial charge < -0.3 is 19.9 Å². The summed E-state index contributed by atoms with van der Waals surface area (Å²) in [5.41, 5.74) is 0.639. The van der Waals surface area contributed by atoms with Crippen molar-refractivity contribution in [3.63, 3.8) is 0 Å². The van der Waals surface area contributed by atoms with E-state index in [-0.39, 0.29) is 11.9 Å². The molecule has 1 aromatic rings. The monoisotopic (exact) mass is 345 g/mol. The van der Waals surface area contributed by atoms with Crippen LogP contribution < -0.4 is 10.1 Å². The molecule has 0 spiro atoms. The van der Waals surface area contributed by atoms with Crippen molar-refractivity contribution in [2.24, 2.45) is 11.8 Å². The fourth-order valence-corrected chi connectivity index (χ4v) is 4.08. The molecule has 0 radical (unpaired) electrons. The second-order valence-electron chi connectivity index (χ2n) is 6.88. The van der Waals surface area contributed by atoms with Crippen LogP contribution in [0.1, 0.15) is 29.6 Å². The first kappa shape index (κ1) is 17.6. The molecule has 3 amide bonds. The lowest BCUT2D eigenvalue weighted by molar-refractivity contribution is 0.0773. The fraction of sp³-hybridized carbons (Fsp3) is 0.579. The molecule has 1 unspecified atom stereocenters. The van der Waals surface area contributed by atoms with Gasteiger partial charge in [0.2, 0.25) is 0 Å². The predicted molar refractivity (Wildman–Crippen MR) is 95.8 cm³/mol. The summed E-state index contributed by atoms with van der Waals surface area (Å²) >= 11 is 0. The van der Waals surface area contributed by atoms with E-state index in [1.165, 1.54) is 0 Å². The lowest BCUT2D eigenvalue weighted by atomic mass is 9.84. The Morgan fingerprint density at radius 1 is 1.04 bits per heavy atom. The Balaban J connectivity index is 1.57. The first-order valence-electron chi connectivity index (χ1n) is 9.03. The topological polar surface area (TPSA) is 61.9 Å². The number of methoxy groups -OCH3 is 1. The zero-order chi connectivity index (χ0) is 17.8. The van der Waals surface area contributed by atoms with E-state index in [0.29, 0.717) is 23.1 Å². The highest BCUT2D eigenvalue weighted by Gasteiger charge is 2.35. The van der Waals surface area contributed by atoms with Gasteiger partial charge in [-0.3, -0.25) is 4.79 Å². The summed E-state index contributed by atoms with van der Waals surface area (Å²) in [5.74, 6) is 1.82. The molecular formula is C19H27N3O3. The van der Waals surface area contributed by atoms with E-state index in [9.17, 15) is 9.59 Å². The lowest BCUT2D eigenvalue weighted by Crippen LogP contribution is -2.44. The predicted octanol–water partition coefficient (Wildman–Crippen LogP) is 2.21. The van der Waals surface area contributed by atoms with Gasteiger partial charge in [0.15, 0.2) is 0 Å². The molecule has 1 atom stereocenters. The second-order valence-corrected chi connectivity index (χ2v) is 6.88. The first-order valence-corrected chi connectivity index (χ1v) is 9.03. The van der Waals surface area contributed by atoms with E-state index in [4.69, 9.17) is 4.74 Å². The highest BCUT2D eigenvalue weighted by Crippen LogP contribution is 2.33. The van der Waals surface area contributed by atoms with E-state index < -0.39 is 0 Å². The van der Waals surface area contributed by atoms with Crippen molar-refractivity contribution < 1.29 is 14.3 Å². The third kappa shape index (κ3) is 3.72. The van der Waals surface area contributed by atoms with Crippen molar-refractivity contribution in [2.75, 3.05) is 40.3 Å². The molecule has 3 rings (SSSR count). The van der Waals surface area contributed by atoms with Crippen LogP contribution in [0.3, 0.4) is 0 Å². The third-order valence-electron chi connectivity index (χ3n) is 5.56. The average Bonchev–Trinajstić information content (AvgIpc) is 3.17. The number of ether oxygens (including phenoxy) is 1. The van der Waals surface area contributed by atoms with Gasteiger partial charge in [-0.25, -0.2) is 4.79 Å². The number of rotatable bonds is 3. The second kappa shape index (κ2) is 7.76. The summed E-state index contributed by atoms with van der Waals surface area (Å²) in [6, 6.07) is 7.42. The summed E-state index contributed by atoms with van der Waals surface area (Å²) in [5, 5.41) is 2.69. The molecule has 0 bridgehead atoms. The van der Waals surface area contributed by atoms with Crippen LogP contribution in [0.15, 0.2) is 24.3 Å². The number of hydrogen-bond donors (Lipinski definition) is 1. The van der Waals surface area contributed by atoms with Gasteiger partial charge in [-0.1, -0.05) is 12.1 Å². The summed E-state index contributed by atoms with van der Waals surface area (Å²) in [6.45, 7) is 3.22. The Morgan fingerprint density at radius 2 is 1.68 bits per heavy atom. The van der Waals surface area contributed by atoms with E-state index in [1.54, 1.807) is 14.2 Å². The zero-order valence-corrected chi connectivity index (χ0v) is 15.0.